The normalized spacial score (nSPS) is 27.9. The Morgan fingerprint density at radius 2 is 2.43 bits per heavy atom. The number of rotatable bonds is 4. The Hall–Kier alpha value is -0.650. The predicted octanol–water partition coefficient (Wildman–Crippen LogP) is -1.19. The summed E-state index contributed by atoms with van der Waals surface area (Å²) >= 11 is 0. The van der Waals surface area contributed by atoms with Crippen LogP contribution in [0.3, 0.4) is 0 Å². The third kappa shape index (κ3) is 2.67. The summed E-state index contributed by atoms with van der Waals surface area (Å²) in [6, 6.07) is -0.275. The molecule has 2 atom stereocenters. The summed E-state index contributed by atoms with van der Waals surface area (Å²) in [4.78, 5) is 13.3. The fourth-order valence-corrected chi connectivity index (χ4v) is 1.76. The molecule has 0 saturated carbocycles. The average Bonchev–Trinajstić information content (AvgIpc) is 2.55. The number of likely N-dealkylation sites (N-methyl/N-ethyl adjacent to an activating group) is 1. The summed E-state index contributed by atoms with van der Waals surface area (Å²) in [7, 11) is 3.24. The van der Waals surface area contributed by atoms with Crippen LogP contribution in [-0.4, -0.2) is 61.9 Å². The zero-order valence-electron chi connectivity index (χ0n) is 8.69. The summed E-state index contributed by atoms with van der Waals surface area (Å²) in [5.41, 5.74) is 0. The molecule has 5 heteroatoms. The van der Waals surface area contributed by atoms with E-state index in [4.69, 9.17) is 0 Å². The molecule has 2 N–H and O–H groups in total. The quantitative estimate of drug-likeness (QED) is 0.562. The lowest BCUT2D eigenvalue weighted by Gasteiger charge is -2.21. The average molecular weight is 202 g/mol. The molecule has 1 aliphatic rings. The molecular formula is C9H18N2O3. The Morgan fingerprint density at radius 3 is 3.00 bits per heavy atom. The number of likely N-dealkylation sites (tertiary alicyclic amines) is 1. The van der Waals surface area contributed by atoms with Crippen molar-refractivity contribution in [1.29, 1.82) is 0 Å². The molecule has 0 unspecified atom stereocenters. The van der Waals surface area contributed by atoms with Crippen LogP contribution in [-0.2, 0) is 9.53 Å². The van der Waals surface area contributed by atoms with E-state index in [1.165, 1.54) is 7.11 Å². The van der Waals surface area contributed by atoms with E-state index < -0.39 is 6.10 Å². The molecular weight excluding hydrogens is 184 g/mol. The van der Waals surface area contributed by atoms with Gasteiger partial charge in [0.2, 0.25) is 0 Å². The maximum Gasteiger partial charge on any atom is 0.323 e. The van der Waals surface area contributed by atoms with E-state index >= 15 is 0 Å². The first-order chi connectivity index (χ1) is 6.69. The molecule has 82 valence electrons. The highest BCUT2D eigenvalue weighted by molar-refractivity contribution is 5.76. The zero-order valence-corrected chi connectivity index (χ0v) is 8.69. The van der Waals surface area contributed by atoms with Crippen LogP contribution in [0.15, 0.2) is 0 Å². The summed E-state index contributed by atoms with van der Waals surface area (Å²) in [5.74, 6) is -0.252. The molecule has 0 aliphatic carbocycles. The van der Waals surface area contributed by atoms with Crippen LogP contribution in [0.2, 0.25) is 0 Å². The van der Waals surface area contributed by atoms with E-state index in [1.54, 1.807) is 0 Å². The number of esters is 1. The highest BCUT2D eigenvalue weighted by Crippen LogP contribution is 2.18. The van der Waals surface area contributed by atoms with E-state index in [1.807, 2.05) is 11.9 Å². The van der Waals surface area contributed by atoms with Crippen LogP contribution in [0.4, 0.5) is 0 Å². The fraction of sp³-hybridized carbons (Fsp3) is 0.889. The van der Waals surface area contributed by atoms with Gasteiger partial charge in [0, 0.05) is 26.1 Å². The minimum absolute atomic E-state index is 0.252. The largest absolute Gasteiger partial charge is 0.468 e. The molecule has 0 aromatic heterocycles. The summed E-state index contributed by atoms with van der Waals surface area (Å²) in [6.07, 6.45) is 0.0760. The van der Waals surface area contributed by atoms with Crippen molar-refractivity contribution in [2.45, 2.75) is 18.6 Å². The van der Waals surface area contributed by atoms with Gasteiger partial charge >= 0.3 is 5.97 Å². The fourth-order valence-electron chi connectivity index (χ4n) is 1.76. The molecule has 1 saturated heterocycles. The highest BCUT2D eigenvalue weighted by atomic mass is 16.5. The number of carbonyl (C=O) groups is 1. The second-order valence-corrected chi connectivity index (χ2v) is 3.53. The number of nitrogens with zero attached hydrogens (tertiary/aromatic N) is 1. The van der Waals surface area contributed by atoms with Gasteiger partial charge in [-0.2, -0.15) is 0 Å². The van der Waals surface area contributed by atoms with Crippen molar-refractivity contribution in [1.82, 2.24) is 10.2 Å². The lowest BCUT2D eigenvalue weighted by atomic mass is 10.2. The van der Waals surface area contributed by atoms with Crippen LogP contribution in [0, 0.1) is 0 Å². The molecule has 1 fully saturated rings. The topological polar surface area (TPSA) is 61.8 Å². The van der Waals surface area contributed by atoms with Gasteiger partial charge in [-0.3, -0.25) is 9.69 Å². The van der Waals surface area contributed by atoms with Gasteiger partial charge < -0.3 is 15.2 Å². The van der Waals surface area contributed by atoms with E-state index in [0.29, 0.717) is 13.0 Å². The van der Waals surface area contributed by atoms with Crippen molar-refractivity contribution in [2.24, 2.45) is 0 Å². The van der Waals surface area contributed by atoms with Gasteiger partial charge in [-0.05, 0) is 7.05 Å². The van der Waals surface area contributed by atoms with E-state index in [9.17, 15) is 9.90 Å². The third-order valence-electron chi connectivity index (χ3n) is 2.50. The molecule has 1 heterocycles. The van der Waals surface area contributed by atoms with Crippen molar-refractivity contribution in [2.75, 3.05) is 33.8 Å². The minimum atomic E-state index is -0.407. The smallest absolute Gasteiger partial charge is 0.323 e. The summed E-state index contributed by atoms with van der Waals surface area (Å²) in [5, 5.41) is 12.5. The molecule has 14 heavy (non-hydrogen) atoms. The first kappa shape index (κ1) is 11.4. The second kappa shape index (κ2) is 5.29. The van der Waals surface area contributed by atoms with E-state index in [-0.39, 0.29) is 12.0 Å². The molecule has 0 amide bonds. The van der Waals surface area contributed by atoms with Gasteiger partial charge in [0.25, 0.3) is 0 Å². The maximum absolute atomic E-state index is 11.3. The number of methoxy groups -OCH3 is 1. The molecule has 5 nitrogen and oxygen atoms in total. The van der Waals surface area contributed by atoms with Crippen LogP contribution >= 0.6 is 0 Å². The number of ether oxygens (including phenoxy) is 1. The number of carbonyl (C=O) groups excluding carboxylic acids is 1. The SMILES string of the molecule is CNCCN1C[C@H](O)C[C@@H]1C(=O)OC. The first-order valence-corrected chi connectivity index (χ1v) is 4.83. The molecule has 0 aromatic rings. The first-order valence-electron chi connectivity index (χ1n) is 4.83. The van der Waals surface area contributed by atoms with Gasteiger partial charge in [-0.15, -0.1) is 0 Å². The van der Waals surface area contributed by atoms with E-state index in [0.717, 1.165) is 13.1 Å². The monoisotopic (exact) mass is 202 g/mol. The van der Waals surface area contributed by atoms with Gasteiger partial charge in [0.15, 0.2) is 0 Å². The van der Waals surface area contributed by atoms with Crippen molar-refractivity contribution >= 4 is 5.97 Å². The Bertz CT molecular complexity index is 198. The Balaban J connectivity index is 2.49. The second-order valence-electron chi connectivity index (χ2n) is 3.53. The van der Waals surface area contributed by atoms with Crippen LogP contribution in [0.25, 0.3) is 0 Å². The number of aliphatic hydroxyl groups excluding tert-OH is 1. The molecule has 0 spiro atoms. The van der Waals surface area contributed by atoms with Crippen LogP contribution < -0.4 is 5.32 Å². The molecule has 1 rings (SSSR count). The predicted molar refractivity (Wildman–Crippen MR) is 51.9 cm³/mol. The van der Waals surface area contributed by atoms with Crippen LogP contribution in [0.1, 0.15) is 6.42 Å². The lowest BCUT2D eigenvalue weighted by Crippen LogP contribution is -2.40. The zero-order chi connectivity index (χ0) is 10.6. The molecule has 0 radical (unpaired) electrons. The number of aliphatic hydroxyl groups is 1. The highest BCUT2D eigenvalue weighted by Gasteiger charge is 2.35. The summed E-state index contributed by atoms with van der Waals surface area (Å²) in [6.45, 7) is 2.12. The van der Waals surface area contributed by atoms with Gasteiger partial charge in [-0.25, -0.2) is 0 Å². The van der Waals surface area contributed by atoms with Crippen LogP contribution in [0.5, 0.6) is 0 Å². The van der Waals surface area contributed by atoms with Crippen molar-refractivity contribution < 1.29 is 14.6 Å². The lowest BCUT2D eigenvalue weighted by molar-refractivity contribution is -0.145. The van der Waals surface area contributed by atoms with Crippen molar-refractivity contribution in [3.05, 3.63) is 0 Å². The summed E-state index contributed by atoms with van der Waals surface area (Å²) < 4.78 is 4.68. The Kier molecular flexibility index (Phi) is 4.31. The molecule has 0 aromatic carbocycles. The number of hydrogen-bond acceptors (Lipinski definition) is 5. The number of hydrogen-bond donors (Lipinski definition) is 2. The van der Waals surface area contributed by atoms with Gasteiger partial charge in [-0.1, -0.05) is 0 Å². The van der Waals surface area contributed by atoms with E-state index in [2.05, 4.69) is 10.1 Å². The maximum atomic E-state index is 11.3. The minimum Gasteiger partial charge on any atom is -0.468 e. The van der Waals surface area contributed by atoms with Gasteiger partial charge in [0.1, 0.15) is 6.04 Å². The van der Waals surface area contributed by atoms with Gasteiger partial charge in [0.05, 0.1) is 13.2 Å². The number of nitrogens with one attached hydrogen (secondary N) is 1. The third-order valence-corrected chi connectivity index (χ3v) is 2.50. The van der Waals surface area contributed by atoms with Crippen molar-refractivity contribution in [3.63, 3.8) is 0 Å². The van der Waals surface area contributed by atoms with Crippen molar-refractivity contribution in [3.8, 4) is 0 Å². The Labute approximate surface area is 84.0 Å². The molecule has 1 aliphatic heterocycles. The molecule has 0 bridgehead atoms. The Morgan fingerprint density at radius 1 is 1.71 bits per heavy atom. The number of β-amino-alcohol motifs (C(OH)–C–C–N with tert-alkyl or cyclic N) is 1. The standard InChI is InChI=1S/C9H18N2O3/c1-10-3-4-11-6-7(12)5-8(11)9(13)14-2/h7-8,10,12H,3-6H2,1-2H3/t7-,8-/m1/s1.